The molecule has 6 aromatic rings. The van der Waals surface area contributed by atoms with Crippen molar-refractivity contribution < 1.29 is 33.7 Å². The first-order valence-corrected chi connectivity index (χ1v) is 33.1. The van der Waals surface area contributed by atoms with E-state index in [1.807, 2.05) is 52.0 Å². The Balaban J connectivity index is 0.829. The van der Waals surface area contributed by atoms with E-state index in [2.05, 4.69) is 30.4 Å². The maximum Gasteiger partial charge on any atom is 0.243 e. The fourth-order valence-corrected chi connectivity index (χ4v) is 15.4. The Morgan fingerprint density at radius 1 is 0.362 bits per heavy atom. The summed E-state index contributed by atoms with van der Waals surface area (Å²) in [6.45, 7) is 14.2. The van der Waals surface area contributed by atoms with Crippen LogP contribution in [0, 0.1) is 27.7 Å². The van der Waals surface area contributed by atoms with Crippen molar-refractivity contribution in [1.29, 1.82) is 0 Å². The summed E-state index contributed by atoms with van der Waals surface area (Å²) >= 11 is 0. The van der Waals surface area contributed by atoms with E-state index in [4.69, 9.17) is 0 Å². The van der Waals surface area contributed by atoms with Crippen LogP contribution in [0.15, 0.2) is 153 Å². The van der Waals surface area contributed by atoms with Gasteiger partial charge in [-0.15, -0.1) is 0 Å². The maximum absolute atomic E-state index is 14.0. The lowest BCUT2D eigenvalue weighted by atomic mass is 10.1. The second kappa shape index (κ2) is 27.6. The molecule has 0 radical (unpaired) electrons. The number of hydrogen-bond donors (Lipinski definition) is 2. The Labute approximate surface area is 475 Å². The quantitative estimate of drug-likeness (QED) is 0.0827. The third-order valence-electron chi connectivity index (χ3n) is 14.7. The van der Waals surface area contributed by atoms with Gasteiger partial charge in [0.15, 0.2) is 0 Å². The highest BCUT2D eigenvalue weighted by molar-refractivity contribution is 7.90. The van der Waals surface area contributed by atoms with Gasteiger partial charge in [-0.1, -0.05) is 70.8 Å². The van der Waals surface area contributed by atoms with Crippen molar-refractivity contribution in [3.63, 3.8) is 0 Å². The summed E-state index contributed by atoms with van der Waals surface area (Å²) < 4.78 is 117. The normalized spacial score (nSPS) is 17.0. The van der Waals surface area contributed by atoms with E-state index < -0.39 is 40.1 Å². The Bertz CT molecular complexity index is 3040. The van der Waals surface area contributed by atoms with Crippen molar-refractivity contribution in [1.82, 2.24) is 47.6 Å². The molecule has 18 nitrogen and oxygen atoms in total. The third-order valence-corrected chi connectivity index (χ3v) is 22.4. The monoisotopic (exact) mass is 1170 g/mol. The molecule has 2 saturated heterocycles. The molecule has 8 rings (SSSR count). The molecule has 80 heavy (non-hydrogen) atoms. The molecule has 430 valence electrons. The Morgan fingerprint density at radius 2 is 0.613 bits per heavy atom. The average Bonchev–Trinajstić information content (AvgIpc) is 3.66. The van der Waals surface area contributed by atoms with Crippen molar-refractivity contribution in [2.75, 3.05) is 105 Å². The second-order valence-electron chi connectivity index (χ2n) is 20.7. The minimum absolute atomic E-state index is 0.0329. The summed E-state index contributed by atoms with van der Waals surface area (Å²) in [6, 6.07) is 35.0. The lowest BCUT2D eigenvalue weighted by Gasteiger charge is -2.25. The van der Waals surface area contributed by atoms with Crippen LogP contribution in [0.4, 0.5) is 0 Å². The van der Waals surface area contributed by atoms with Gasteiger partial charge in [-0.25, -0.2) is 33.7 Å². The highest BCUT2D eigenvalue weighted by Gasteiger charge is 2.33. The summed E-state index contributed by atoms with van der Waals surface area (Å²) in [5.41, 5.74) is 7.32. The Kier molecular flexibility index (Phi) is 21.0. The zero-order chi connectivity index (χ0) is 56.9. The summed E-state index contributed by atoms with van der Waals surface area (Å²) in [6.07, 6.45) is 5.04. The zero-order valence-corrected chi connectivity index (χ0v) is 49.6. The van der Waals surface area contributed by atoms with Gasteiger partial charge in [0.2, 0.25) is 40.1 Å². The highest BCUT2D eigenvalue weighted by Crippen LogP contribution is 2.24. The standard InChI is InChI=1S/C58H76N10O8S4/c1-47-7-15-53(16-8-47)77(69,70)65-35-31-63(32-36-66(40-39-65)78(71,72)54-17-9-48(2)10-18-54)29-5-25-59-45-51-23-27-61-57(43-51)58-44-52(24-28-62-58)46-60-26-6-30-64-33-37-67(79(73,74)55-19-11-49(3)12-20-55)41-42-68(38-34-64)80(75,76)56-21-13-50(4)14-22-56/h7-24,27-28,43-44,59-60H,5-6,25-26,29-42,45-46H2,1-4H3. The first-order chi connectivity index (χ1) is 38.3. The molecule has 0 atom stereocenters. The van der Waals surface area contributed by atoms with Crippen LogP contribution in [-0.2, 0) is 53.2 Å². The fraction of sp³-hybridized carbons (Fsp3) is 0.414. The molecule has 22 heteroatoms. The summed E-state index contributed by atoms with van der Waals surface area (Å²) in [4.78, 5) is 14.3. The lowest BCUT2D eigenvalue weighted by molar-refractivity contribution is 0.250. The molecule has 0 aliphatic carbocycles. The largest absolute Gasteiger partial charge is 0.313 e. The van der Waals surface area contributed by atoms with Gasteiger partial charge in [-0.2, -0.15) is 17.2 Å². The predicted octanol–water partition coefficient (Wildman–Crippen LogP) is 5.73. The Morgan fingerprint density at radius 3 is 0.875 bits per heavy atom. The van der Waals surface area contributed by atoms with Crippen LogP contribution in [0.25, 0.3) is 11.4 Å². The van der Waals surface area contributed by atoms with Crippen LogP contribution < -0.4 is 10.6 Å². The Hall–Kier alpha value is -5.34. The molecule has 0 amide bonds. The van der Waals surface area contributed by atoms with E-state index in [0.29, 0.717) is 65.4 Å². The van der Waals surface area contributed by atoms with Gasteiger partial charge in [0.05, 0.1) is 31.0 Å². The molecule has 2 aliphatic heterocycles. The number of pyridine rings is 2. The number of aryl methyl sites for hydroxylation is 4. The number of rotatable bonds is 21. The summed E-state index contributed by atoms with van der Waals surface area (Å²) in [5, 5.41) is 7.08. The van der Waals surface area contributed by atoms with Crippen LogP contribution in [-0.4, -0.2) is 175 Å². The van der Waals surface area contributed by atoms with Crippen molar-refractivity contribution in [2.45, 2.75) is 73.2 Å². The van der Waals surface area contributed by atoms with Gasteiger partial charge in [0, 0.05) is 104 Å². The summed E-state index contributed by atoms with van der Waals surface area (Å²) in [7, 11) is -15.6. The number of benzene rings is 4. The average molecular weight is 1170 g/mol. The molecule has 4 aromatic carbocycles. The first-order valence-electron chi connectivity index (χ1n) is 27.3. The van der Waals surface area contributed by atoms with Crippen LogP contribution >= 0.6 is 0 Å². The smallest absolute Gasteiger partial charge is 0.243 e. The SMILES string of the molecule is Cc1ccc(S(=O)(=O)N2CCN(CCCNCc3ccnc(-c4cc(CNCCCN5CCN(S(=O)(=O)c6ccc(C)cc6)CCN(S(=O)(=O)c6ccc(C)cc6)CC5)ccn4)c3)CCN(S(=O)(=O)c3ccc(C)cc3)CC2)cc1. The molecule has 0 saturated carbocycles. The van der Waals surface area contributed by atoms with Crippen LogP contribution in [0.3, 0.4) is 0 Å². The lowest BCUT2D eigenvalue weighted by Crippen LogP contribution is -2.41. The van der Waals surface area contributed by atoms with Gasteiger partial charge >= 0.3 is 0 Å². The van der Waals surface area contributed by atoms with Crippen LogP contribution in [0.5, 0.6) is 0 Å². The van der Waals surface area contributed by atoms with E-state index in [1.165, 1.54) is 17.2 Å². The number of nitrogens with one attached hydrogen (secondary N) is 2. The molecule has 0 spiro atoms. The second-order valence-corrected chi connectivity index (χ2v) is 28.5. The molecular weight excluding hydrogens is 1090 g/mol. The number of hydrogen-bond acceptors (Lipinski definition) is 14. The molecule has 0 bridgehead atoms. The van der Waals surface area contributed by atoms with Crippen molar-refractivity contribution in [2.24, 2.45) is 0 Å². The molecule has 2 N–H and O–H groups in total. The zero-order valence-electron chi connectivity index (χ0n) is 46.3. The molecular formula is C58H76N10O8S4. The highest BCUT2D eigenvalue weighted by atomic mass is 32.2. The molecule has 2 aliphatic rings. The van der Waals surface area contributed by atoms with Crippen molar-refractivity contribution >= 4 is 40.1 Å². The van der Waals surface area contributed by atoms with E-state index >= 15 is 0 Å². The van der Waals surface area contributed by atoms with Crippen molar-refractivity contribution in [3.8, 4) is 11.4 Å². The van der Waals surface area contributed by atoms with E-state index in [0.717, 1.165) is 57.6 Å². The maximum atomic E-state index is 14.0. The topological polar surface area (TPSA) is 206 Å². The van der Waals surface area contributed by atoms with Crippen molar-refractivity contribution in [3.05, 3.63) is 167 Å². The van der Waals surface area contributed by atoms with Gasteiger partial charge in [-0.3, -0.25) is 9.97 Å². The molecule has 0 unspecified atom stereocenters. The number of aromatic nitrogens is 2. The minimum atomic E-state index is -3.89. The van der Waals surface area contributed by atoms with Crippen LogP contribution in [0.1, 0.15) is 46.2 Å². The van der Waals surface area contributed by atoms with E-state index in [9.17, 15) is 33.7 Å². The molecule has 2 fully saturated rings. The fourth-order valence-electron chi connectivity index (χ4n) is 9.74. The molecule has 4 heterocycles. The molecule has 2 aromatic heterocycles. The van der Waals surface area contributed by atoms with Crippen LogP contribution in [0.2, 0.25) is 0 Å². The summed E-state index contributed by atoms with van der Waals surface area (Å²) in [5.74, 6) is 0. The van der Waals surface area contributed by atoms with Gasteiger partial charge in [0.1, 0.15) is 0 Å². The van der Waals surface area contributed by atoms with Gasteiger partial charge < -0.3 is 20.4 Å². The third kappa shape index (κ3) is 16.0. The van der Waals surface area contributed by atoms with E-state index in [-0.39, 0.29) is 71.9 Å². The minimum Gasteiger partial charge on any atom is -0.313 e. The van der Waals surface area contributed by atoms with Gasteiger partial charge in [-0.05, 0) is 151 Å². The predicted molar refractivity (Wildman–Crippen MR) is 313 cm³/mol. The number of sulfonamides is 4. The van der Waals surface area contributed by atoms with Gasteiger partial charge in [0.25, 0.3) is 0 Å². The number of nitrogens with zero attached hydrogens (tertiary/aromatic N) is 8. The first kappa shape index (κ1) is 60.7. The van der Waals surface area contributed by atoms with E-state index in [1.54, 1.807) is 109 Å².